The van der Waals surface area contributed by atoms with E-state index in [-0.39, 0.29) is 17.7 Å². The number of ether oxygens (including phenoxy) is 2. The molecule has 0 bridgehead atoms. The Bertz CT molecular complexity index is 497. The second-order valence-corrected chi connectivity index (χ2v) is 4.92. The number of amides is 2. The fourth-order valence-electron chi connectivity index (χ4n) is 3.33. The fraction of sp³-hybridized carbons (Fsp3) is 0.583. The Hall–Kier alpha value is -1.85. The second-order valence-electron chi connectivity index (χ2n) is 4.92. The Morgan fingerprint density at radius 1 is 1.33 bits per heavy atom. The summed E-state index contributed by atoms with van der Waals surface area (Å²) in [5.74, 6) is -2.18. The van der Waals surface area contributed by atoms with Gasteiger partial charge in [0.05, 0.1) is 30.4 Å². The maximum atomic E-state index is 11.7. The van der Waals surface area contributed by atoms with E-state index in [1.54, 1.807) is 13.8 Å². The van der Waals surface area contributed by atoms with Gasteiger partial charge in [0.1, 0.15) is 11.4 Å². The van der Waals surface area contributed by atoms with Crippen molar-refractivity contribution in [3.8, 4) is 0 Å². The minimum Gasteiger partial charge on any atom is -0.497 e. The van der Waals surface area contributed by atoms with E-state index < -0.39 is 23.4 Å². The van der Waals surface area contributed by atoms with Crippen LogP contribution in [0.1, 0.15) is 13.8 Å². The average molecular weight is 251 g/mol. The monoisotopic (exact) mass is 251 g/mol. The van der Waals surface area contributed by atoms with Crippen molar-refractivity contribution in [2.45, 2.75) is 19.4 Å². The van der Waals surface area contributed by atoms with Gasteiger partial charge in [0, 0.05) is 0 Å². The molecule has 18 heavy (non-hydrogen) atoms. The van der Waals surface area contributed by atoms with Crippen LogP contribution in [0.25, 0.3) is 0 Å². The standard InChI is InChI=1S/C12H13NO5/c1-3-17-5-4-6(14)18-12(2)8(5)7-9(12)11(16)13-10(7)15/h4,7-9H,3H2,1-2H3,(H,13,15,16). The molecule has 96 valence electrons. The lowest BCUT2D eigenvalue weighted by Crippen LogP contribution is -2.66. The van der Waals surface area contributed by atoms with Crippen LogP contribution in [0.5, 0.6) is 0 Å². The number of imide groups is 1. The molecule has 0 aromatic heterocycles. The first-order valence-corrected chi connectivity index (χ1v) is 5.91. The minimum absolute atomic E-state index is 0.309. The van der Waals surface area contributed by atoms with Crippen molar-refractivity contribution >= 4 is 17.8 Å². The molecule has 1 saturated heterocycles. The Balaban J connectivity index is 2.02. The van der Waals surface area contributed by atoms with Crippen LogP contribution in [0, 0.1) is 17.8 Å². The number of carbonyl (C=O) groups excluding carboxylic acids is 3. The number of nitrogens with one attached hydrogen (secondary N) is 1. The van der Waals surface area contributed by atoms with Crippen LogP contribution in [0.3, 0.4) is 0 Å². The summed E-state index contributed by atoms with van der Waals surface area (Å²) >= 11 is 0. The smallest absolute Gasteiger partial charge is 0.334 e. The third kappa shape index (κ3) is 1.15. The molecule has 0 radical (unpaired) electrons. The number of hydrogen-bond donors (Lipinski definition) is 1. The van der Waals surface area contributed by atoms with Gasteiger partial charge < -0.3 is 9.47 Å². The van der Waals surface area contributed by atoms with Gasteiger partial charge in [-0.05, 0) is 13.8 Å². The molecule has 6 heteroatoms. The highest BCUT2D eigenvalue weighted by Gasteiger charge is 2.73. The zero-order valence-electron chi connectivity index (χ0n) is 10.1. The Morgan fingerprint density at radius 3 is 2.72 bits per heavy atom. The highest BCUT2D eigenvalue weighted by Crippen LogP contribution is 2.58. The molecule has 1 N–H and O–H groups in total. The molecule has 4 unspecified atom stereocenters. The van der Waals surface area contributed by atoms with Crippen LogP contribution in [-0.4, -0.2) is 30.0 Å². The summed E-state index contributed by atoms with van der Waals surface area (Å²) < 4.78 is 10.7. The maximum Gasteiger partial charge on any atom is 0.334 e. The summed E-state index contributed by atoms with van der Waals surface area (Å²) in [5.41, 5.74) is -0.961. The van der Waals surface area contributed by atoms with Crippen molar-refractivity contribution < 1.29 is 23.9 Å². The summed E-state index contributed by atoms with van der Waals surface area (Å²) in [4.78, 5) is 34.9. The van der Waals surface area contributed by atoms with Gasteiger partial charge in [-0.3, -0.25) is 14.9 Å². The molecule has 4 atom stereocenters. The molecule has 0 aromatic rings. The van der Waals surface area contributed by atoms with Gasteiger partial charge in [-0.25, -0.2) is 4.79 Å². The predicted octanol–water partition coefficient (Wildman–Crippen LogP) is -0.259. The van der Waals surface area contributed by atoms with Crippen molar-refractivity contribution in [2.75, 3.05) is 6.61 Å². The van der Waals surface area contributed by atoms with E-state index in [9.17, 15) is 14.4 Å². The third-order valence-corrected chi connectivity index (χ3v) is 3.98. The van der Waals surface area contributed by atoms with Gasteiger partial charge in [-0.2, -0.15) is 0 Å². The summed E-state index contributed by atoms with van der Waals surface area (Å²) in [5, 5.41) is 2.29. The molecular weight excluding hydrogens is 238 g/mol. The average Bonchev–Trinajstić information content (AvgIpc) is 2.49. The zero-order chi connectivity index (χ0) is 13.1. The van der Waals surface area contributed by atoms with Crippen LogP contribution >= 0.6 is 0 Å². The first kappa shape index (κ1) is 11.3. The SMILES string of the molecule is CCOC1=CC(=O)OC2(C)C3C(=O)NC(=O)C3C12. The van der Waals surface area contributed by atoms with Gasteiger partial charge in [-0.1, -0.05) is 0 Å². The molecule has 2 amide bonds. The lowest BCUT2D eigenvalue weighted by molar-refractivity contribution is -0.211. The van der Waals surface area contributed by atoms with Crippen molar-refractivity contribution in [1.29, 1.82) is 0 Å². The first-order chi connectivity index (χ1) is 8.49. The Kier molecular flexibility index (Phi) is 2.09. The molecule has 6 nitrogen and oxygen atoms in total. The Labute approximate surface area is 103 Å². The van der Waals surface area contributed by atoms with Gasteiger partial charge in [0.15, 0.2) is 0 Å². The lowest BCUT2D eigenvalue weighted by atomic mass is 9.53. The van der Waals surface area contributed by atoms with Crippen LogP contribution < -0.4 is 5.32 Å². The summed E-state index contributed by atoms with van der Waals surface area (Å²) in [6, 6.07) is 0. The second kappa shape index (κ2) is 3.34. The minimum atomic E-state index is -0.961. The molecule has 1 saturated carbocycles. The number of esters is 1. The van der Waals surface area contributed by atoms with Gasteiger partial charge in [0.2, 0.25) is 11.8 Å². The van der Waals surface area contributed by atoms with Crippen LogP contribution in [0.15, 0.2) is 11.8 Å². The number of carbonyl (C=O) groups is 3. The van der Waals surface area contributed by atoms with Crippen molar-refractivity contribution in [1.82, 2.24) is 5.32 Å². The van der Waals surface area contributed by atoms with Crippen LogP contribution in [0.2, 0.25) is 0 Å². The van der Waals surface area contributed by atoms with Crippen LogP contribution in [-0.2, 0) is 23.9 Å². The van der Waals surface area contributed by atoms with Gasteiger partial charge in [0.25, 0.3) is 0 Å². The normalized spacial score (nSPS) is 41.1. The molecule has 2 fully saturated rings. The topological polar surface area (TPSA) is 81.7 Å². The summed E-state index contributed by atoms with van der Waals surface area (Å²) in [7, 11) is 0. The van der Waals surface area contributed by atoms with Gasteiger partial charge in [-0.15, -0.1) is 0 Å². The first-order valence-electron chi connectivity index (χ1n) is 5.91. The molecule has 0 spiro atoms. The number of hydrogen-bond acceptors (Lipinski definition) is 5. The van der Waals surface area contributed by atoms with Crippen molar-refractivity contribution in [3.05, 3.63) is 11.8 Å². The van der Waals surface area contributed by atoms with E-state index in [4.69, 9.17) is 9.47 Å². The molecule has 3 aliphatic rings. The Morgan fingerprint density at radius 2 is 2.06 bits per heavy atom. The number of fused-ring (bicyclic) bond motifs is 4. The van der Waals surface area contributed by atoms with E-state index in [2.05, 4.69) is 5.32 Å². The van der Waals surface area contributed by atoms with E-state index >= 15 is 0 Å². The molecule has 1 aliphatic carbocycles. The molecule has 2 heterocycles. The zero-order valence-corrected chi connectivity index (χ0v) is 10.1. The van der Waals surface area contributed by atoms with E-state index in [0.29, 0.717) is 12.4 Å². The summed E-state index contributed by atoms with van der Waals surface area (Å²) in [6.45, 7) is 3.88. The van der Waals surface area contributed by atoms with E-state index in [1.165, 1.54) is 6.08 Å². The summed E-state index contributed by atoms with van der Waals surface area (Å²) in [6.07, 6.45) is 1.27. The molecule has 2 aliphatic heterocycles. The van der Waals surface area contributed by atoms with Crippen molar-refractivity contribution in [2.24, 2.45) is 17.8 Å². The highest BCUT2D eigenvalue weighted by molar-refractivity contribution is 6.08. The van der Waals surface area contributed by atoms with Gasteiger partial charge >= 0.3 is 5.97 Å². The van der Waals surface area contributed by atoms with E-state index in [0.717, 1.165) is 0 Å². The quantitative estimate of drug-likeness (QED) is 0.540. The van der Waals surface area contributed by atoms with Crippen molar-refractivity contribution in [3.63, 3.8) is 0 Å². The predicted molar refractivity (Wildman–Crippen MR) is 57.8 cm³/mol. The largest absolute Gasteiger partial charge is 0.497 e. The molecular formula is C12H13NO5. The van der Waals surface area contributed by atoms with E-state index in [1.807, 2.05) is 0 Å². The highest BCUT2D eigenvalue weighted by atomic mass is 16.6. The molecule has 3 rings (SSSR count). The maximum absolute atomic E-state index is 11.7. The molecule has 0 aromatic carbocycles. The number of rotatable bonds is 2. The third-order valence-electron chi connectivity index (χ3n) is 3.98. The lowest BCUT2D eigenvalue weighted by Gasteiger charge is -2.54. The fourth-order valence-corrected chi connectivity index (χ4v) is 3.33. The van der Waals surface area contributed by atoms with Crippen LogP contribution in [0.4, 0.5) is 0 Å².